The number of rotatable bonds is 4. The maximum atomic E-state index is 12.8. The summed E-state index contributed by atoms with van der Waals surface area (Å²) in [6.45, 7) is 1.82. The largest absolute Gasteiger partial charge is 0.494 e. The van der Waals surface area contributed by atoms with Crippen molar-refractivity contribution >= 4 is 34.8 Å². The van der Waals surface area contributed by atoms with E-state index in [-0.39, 0.29) is 11.8 Å². The van der Waals surface area contributed by atoms with E-state index < -0.39 is 5.91 Å². The Morgan fingerprint density at radius 2 is 1.67 bits per heavy atom. The van der Waals surface area contributed by atoms with Crippen LogP contribution in [-0.2, 0) is 0 Å². The van der Waals surface area contributed by atoms with Gasteiger partial charge in [0.1, 0.15) is 0 Å². The van der Waals surface area contributed by atoms with E-state index in [1.54, 1.807) is 42.5 Å². The number of hydrogen-bond acceptors (Lipinski definition) is 3. The Kier molecular flexibility index (Phi) is 5.07. The number of nitrogens with one attached hydrogen (secondary N) is 2. The van der Waals surface area contributed by atoms with Crippen LogP contribution in [0.4, 0.5) is 5.69 Å². The van der Waals surface area contributed by atoms with Crippen molar-refractivity contribution in [1.82, 2.24) is 4.98 Å². The van der Waals surface area contributed by atoms with Crippen LogP contribution in [0, 0.1) is 6.92 Å². The number of halogens is 1. The molecule has 0 bridgehead atoms. The van der Waals surface area contributed by atoms with Crippen molar-refractivity contribution in [2.75, 3.05) is 5.32 Å². The predicted molar refractivity (Wildman–Crippen MR) is 128 cm³/mol. The van der Waals surface area contributed by atoms with E-state index in [1.807, 2.05) is 37.3 Å². The van der Waals surface area contributed by atoms with E-state index in [4.69, 9.17) is 11.6 Å². The summed E-state index contributed by atoms with van der Waals surface area (Å²) in [4.78, 5) is 32.6. The molecule has 1 aromatic heterocycles. The molecule has 6 nitrogen and oxygen atoms in total. The van der Waals surface area contributed by atoms with Crippen molar-refractivity contribution in [3.05, 3.63) is 106 Å². The lowest BCUT2D eigenvalue weighted by atomic mass is 9.98. The summed E-state index contributed by atoms with van der Waals surface area (Å²) in [7, 11) is 0. The minimum absolute atomic E-state index is 0.136. The van der Waals surface area contributed by atoms with Crippen molar-refractivity contribution in [3.8, 4) is 17.1 Å². The number of fused-ring (bicyclic) bond motifs is 1. The third-order valence-corrected chi connectivity index (χ3v) is 5.81. The van der Waals surface area contributed by atoms with Crippen LogP contribution < -0.4 is 5.32 Å². The molecule has 0 fully saturated rings. The van der Waals surface area contributed by atoms with Gasteiger partial charge in [-0.1, -0.05) is 48.0 Å². The average molecular weight is 456 g/mol. The zero-order valence-electron chi connectivity index (χ0n) is 17.5. The fourth-order valence-electron chi connectivity index (χ4n) is 3.97. The summed E-state index contributed by atoms with van der Waals surface area (Å²) >= 11 is 5.97. The van der Waals surface area contributed by atoms with E-state index in [0.29, 0.717) is 49.9 Å². The summed E-state index contributed by atoms with van der Waals surface area (Å²) in [6, 6.07) is 21.4. The van der Waals surface area contributed by atoms with E-state index in [1.165, 1.54) is 0 Å². The Hall–Kier alpha value is -4.16. The Morgan fingerprint density at radius 3 is 2.36 bits per heavy atom. The highest BCUT2D eigenvalue weighted by Gasteiger charge is 2.33. The lowest BCUT2D eigenvalue weighted by molar-refractivity contribution is 0.100. The van der Waals surface area contributed by atoms with E-state index in [2.05, 4.69) is 15.3 Å². The van der Waals surface area contributed by atoms with Gasteiger partial charge in [0.2, 0.25) is 0 Å². The second-order valence-corrected chi connectivity index (χ2v) is 8.16. The molecule has 5 rings (SSSR count). The van der Waals surface area contributed by atoms with E-state index in [0.717, 1.165) is 5.56 Å². The first-order valence-corrected chi connectivity index (χ1v) is 10.6. The number of anilines is 1. The molecule has 2 heterocycles. The Morgan fingerprint density at radius 1 is 0.970 bits per heavy atom. The van der Waals surface area contributed by atoms with Gasteiger partial charge in [0.05, 0.1) is 22.5 Å². The number of aromatic amines is 1. The van der Waals surface area contributed by atoms with Gasteiger partial charge in [0, 0.05) is 21.8 Å². The fourth-order valence-corrected chi connectivity index (χ4v) is 4.10. The van der Waals surface area contributed by atoms with Crippen LogP contribution in [0.1, 0.15) is 37.4 Å². The van der Waals surface area contributed by atoms with Gasteiger partial charge in [-0.15, -0.1) is 0 Å². The highest BCUT2D eigenvalue weighted by atomic mass is 35.5. The molecule has 0 unspecified atom stereocenters. The summed E-state index contributed by atoms with van der Waals surface area (Å²) in [6.07, 6.45) is 0. The molecule has 1 aliphatic heterocycles. The maximum absolute atomic E-state index is 12.8. The number of hydrogen-bond donors (Lipinski definition) is 3. The second-order valence-electron chi connectivity index (χ2n) is 7.72. The number of aliphatic imine (C=N–C) groups is 1. The number of amides is 2. The zero-order chi connectivity index (χ0) is 23.1. The molecule has 4 aromatic rings. The van der Waals surface area contributed by atoms with E-state index in [9.17, 15) is 14.7 Å². The van der Waals surface area contributed by atoms with Gasteiger partial charge in [-0.05, 0) is 54.4 Å². The molecule has 0 atom stereocenters. The molecule has 0 saturated heterocycles. The highest BCUT2D eigenvalue weighted by molar-refractivity contribution is 6.32. The number of aromatic hydroxyl groups is 1. The summed E-state index contributed by atoms with van der Waals surface area (Å²) in [5.41, 5.74) is 4.81. The van der Waals surface area contributed by atoms with Crippen LogP contribution in [0.15, 0.2) is 77.8 Å². The Labute approximate surface area is 194 Å². The van der Waals surface area contributed by atoms with Gasteiger partial charge < -0.3 is 15.4 Å². The molecule has 0 spiro atoms. The monoisotopic (exact) mass is 455 g/mol. The lowest BCUT2D eigenvalue weighted by Gasteiger charge is -2.09. The Balaban J connectivity index is 1.49. The van der Waals surface area contributed by atoms with E-state index >= 15 is 0 Å². The maximum Gasteiger partial charge on any atom is 0.280 e. The molecule has 0 radical (unpaired) electrons. The topological polar surface area (TPSA) is 94.5 Å². The number of H-pyrrole nitrogens is 1. The SMILES string of the molecule is Cc1cc(-c2[nH]c(O)c3c2C(=O)N=C3c2ccc(Cl)cc2)ccc1C(=O)Nc1ccccc1. The molecule has 33 heavy (non-hydrogen) atoms. The molecule has 0 saturated carbocycles. The normalized spacial score (nSPS) is 12.4. The number of aryl methyl sites for hydroxylation is 1. The molecule has 3 aromatic carbocycles. The molecular weight excluding hydrogens is 438 g/mol. The number of carbonyl (C=O) groups excluding carboxylic acids is 2. The van der Waals surface area contributed by atoms with Gasteiger partial charge in [-0.3, -0.25) is 9.59 Å². The first kappa shape index (κ1) is 20.7. The van der Waals surface area contributed by atoms with Gasteiger partial charge in [-0.2, -0.15) is 0 Å². The van der Waals surface area contributed by atoms with Crippen LogP contribution in [0.25, 0.3) is 11.3 Å². The Bertz CT molecular complexity index is 1440. The summed E-state index contributed by atoms with van der Waals surface area (Å²) in [5, 5.41) is 14.1. The number of carbonyl (C=O) groups is 2. The minimum atomic E-state index is -0.440. The smallest absolute Gasteiger partial charge is 0.280 e. The highest BCUT2D eigenvalue weighted by Crippen LogP contribution is 2.38. The first-order chi connectivity index (χ1) is 15.9. The van der Waals surface area contributed by atoms with Gasteiger partial charge in [0.15, 0.2) is 5.88 Å². The van der Waals surface area contributed by atoms with Crippen molar-refractivity contribution in [2.24, 2.45) is 4.99 Å². The third kappa shape index (κ3) is 3.70. The van der Waals surface area contributed by atoms with Crippen molar-refractivity contribution in [2.45, 2.75) is 6.92 Å². The zero-order valence-corrected chi connectivity index (χ0v) is 18.3. The molecule has 2 amide bonds. The van der Waals surface area contributed by atoms with Crippen LogP contribution in [0.5, 0.6) is 5.88 Å². The molecule has 7 heteroatoms. The van der Waals surface area contributed by atoms with Crippen LogP contribution >= 0.6 is 11.6 Å². The number of aromatic nitrogens is 1. The predicted octanol–water partition coefficient (Wildman–Crippen LogP) is 5.59. The molecule has 0 aliphatic carbocycles. The van der Waals surface area contributed by atoms with Crippen molar-refractivity contribution in [3.63, 3.8) is 0 Å². The van der Waals surface area contributed by atoms with Crippen molar-refractivity contribution < 1.29 is 14.7 Å². The van der Waals surface area contributed by atoms with Crippen LogP contribution in [-0.4, -0.2) is 27.6 Å². The van der Waals surface area contributed by atoms with Crippen LogP contribution in [0.2, 0.25) is 5.02 Å². The quantitative estimate of drug-likeness (QED) is 0.374. The summed E-state index contributed by atoms with van der Waals surface area (Å²) < 4.78 is 0. The lowest BCUT2D eigenvalue weighted by Crippen LogP contribution is -2.13. The molecule has 3 N–H and O–H groups in total. The molecule has 162 valence electrons. The molecule has 1 aliphatic rings. The van der Waals surface area contributed by atoms with Crippen molar-refractivity contribution in [1.29, 1.82) is 0 Å². The van der Waals surface area contributed by atoms with Gasteiger partial charge in [-0.25, -0.2) is 4.99 Å². The standard InChI is InChI=1S/C26H18ClN3O3/c1-14-13-16(9-12-19(14)24(31)28-18-5-3-2-4-6-18)23-21-20(25(32)30-23)22(29-26(21)33)15-7-10-17(27)11-8-15/h2-13,30,32H,1H3,(H,28,31). The fraction of sp³-hybridized carbons (Fsp3) is 0.0385. The second kappa shape index (κ2) is 8.07. The minimum Gasteiger partial charge on any atom is -0.494 e. The summed E-state index contributed by atoms with van der Waals surface area (Å²) in [5.74, 6) is -0.803. The molecular formula is C26H18ClN3O3. The number of nitrogens with zero attached hydrogens (tertiary/aromatic N) is 1. The number of benzene rings is 3. The number of para-hydroxylation sites is 1. The van der Waals surface area contributed by atoms with Crippen LogP contribution in [0.3, 0.4) is 0 Å². The van der Waals surface area contributed by atoms with Gasteiger partial charge >= 0.3 is 0 Å². The van der Waals surface area contributed by atoms with Gasteiger partial charge in [0.25, 0.3) is 11.8 Å². The third-order valence-electron chi connectivity index (χ3n) is 5.55. The first-order valence-electron chi connectivity index (χ1n) is 10.2. The average Bonchev–Trinajstić information content (AvgIpc) is 3.33.